The maximum absolute atomic E-state index is 14.2. The number of rotatable bonds is 2. The van der Waals surface area contributed by atoms with Crippen LogP contribution in [0.5, 0.6) is 0 Å². The highest BCUT2D eigenvalue weighted by Crippen LogP contribution is 2.51. The number of alkyl halides is 3. The molecule has 2 aromatic carbocycles. The highest BCUT2D eigenvalue weighted by Gasteiger charge is 2.45. The zero-order valence-electron chi connectivity index (χ0n) is 21.0. The van der Waals surface area contributed by atoms with Gasteiger partial charge in [-0.15, -0.1) is 0 Å². The van der Waals surface area contributed by atoms with Crippen molar-refractivity contribution in [2.24, 2.45) is 0 Å². The van der Waals surface area contributed by atoms with Crippen LogP contribution in [-0.2, 0) is 17.3 Å². The standard InChI is InChI=1S/C27H30F3N3O4/c1-26(2,3)37-24(34)31-17-6-7-18(21(13-17)27(28,29)30)16-11-15-5-4-9-33-22-8-10-32(25(35)36)14-20(22)19(12-16)23(15)33/h6-7,11-13,20,22H,4-5,8-10,14H2,1-3H3,(H,31,34)(H,35,36)/t20-,22-/m0/s1. The summed E-state index contributed by atoms with van der Waals surface area (Å²) in [6, 6.07) is 7.54. The quantitative estimate of drug-likeness (QED) is 0.487. The first kappa shape index (κ1) is 25.2. The molecule has 7 nitrogen and oxygen atoms in total. The Kier molecular flexibility index (Phi) is 6.03. The summed E-state index contributed by atoms with van der Waals surface area (Å²) in [5.74, 6) is -0.0842. The number of amides is 2. The van der Waals surface area contributed by atoms with Crippen molar-refractivity contribution >= 4 is 23.6 Å². The second kappa shape index (κ2) is 8.85. The number of aryl methyl sites for hydroxylation is 1. The molecule has 0 bridgehead atoms. The van der Waals surface area contributed by atoms with Crippen LogP contribution in [0, 0.1) is 0 Å². The molecule has 1 fully saturated rings. The van der Waals surface area contributed by atoms with Gasteiger partial charge in [-0.3, -0.25) is 5.32 Å². The average Bonchev–Trinajstić information content (AvgIpc) is 3.12. The largest absolute Gasteiger partial charge is 0.465 e. The maximum Gasteiger partial charge on any atom is 0.417 e. The minimum absolute atomic E-state index is 0.0107. The number of carboxylic acid groups (broad SMARTS) is 1. The van der Waals surface area contributed by atoms with E-state index in [4.69, 9.17) is 4.74 Å². The Labute approximate surface area is 213 Å². The molecule has 2 aromatic rings. The molecule has 3 heterocycles. The van der Waals surface area contributed by atoms with E-state index in [-0.39, 0.29) is 23.2 Å². The summed E-state index contributed by atoms with van der Waals surface area (Å²) in [7, 11) is 0. The summed E-state index contributed by atoms with van der Waals surface area (Å²) < 4.78 is 47.9. The van der Waals surface area contributed by atoms with Crippen LogP contribution in [-0.4, -0.2) is 53.5 Å². The van der Waals surface area contributed by atoms with E-state index in [2.05, 4.69) is 10.2 Å². The van der Waals surface area contributed by atoms with E-state index in [0.717, 1.165) is 42.3 Å². The molecule has 2 N–H and O–H groups in total. The number of carbonyl (C=O) groups excluding carboxylic acids is 1. The van der Waals surface area contributed by atoms with Gasteiger partial charge in [-0.1, -0.05) is 6.07 Å². The normalized spacial score (nSPS) is 20.8. The number of ether oxygens (including phenoxy) is 1. The molecule has 37 heavy (non-hydrogen) atoms. The molecule has 198 valence electrons. The highest BCUT2D eigenvalue weighted by molar-refractivity contribution is 5.86. The van der Waals surface area contributed by atoms with Crippen LogP contribution < -0.4 is 10.2 Å². The van der Waals surface area contributed by atoms with Crippen LogP contribution >= 0.6 is 0 Å². The topological polar surface area (TPSA) is 82.1 Å². The lowest BCUT2D eigenvalue weighted by Crippen LogP contribution is -2.48. The summed E-state index contributed by atoms with van der Waals surface area (Å²) in [4.78, 5) is 27.5. The fraction of sp³-hybridized carbons (Fsp3) is 0.481. The lowest BCUT2D eigenvalue weighted by Gasteiger charge is -2.39. The number of piperidine rings is 1. The van der Waals surface area contributed by atoms with Gasteiger partial charge in [0, 0.05) is 43.0 Å². The Morgan fingerprint density at radius 1 is 1.11 bits per heavy atom. The van der Waals surface area contributed by atoms with Crippen LogP contribution in [0.15, 0.2) is 30.3 Å². The fourth-order valence-corrected chi connectivity index (χ4v) is 5.90. The predicted octanol–water partition coefficient (Wildman–Crippen LogP) is 6.32. The van der Waals surface area contributed by atoms with Gasteiger partial charge in [0.1, 0.15) is 5.60 Å². The van der Waals surface area contributed by atoms with E-state index in [1.165, 1.54) is 17.0 Å². The first-order chi connectivity index (χ1) is 17.3. The van der Waals surface area contributed by atoms with Crippen molar-refractivity contribution in [2.75, 3.05) is 29.9 Å². The average molecular weight is 518 g/mol. The molecule has 0 spiro atoms. The number of benzene rings is 2. The monoisotopic (exact) mass is 517 g/mol. The first-order valence-corrected chi connectivity index (χ1v) is 12.4. The van der Waals surface area contributed by atoms with Gasteiger partial charge in [0.05, 0.1) is 5.56 Å². The maximum atomic E-state index is 14.2. The third-order valence-electron chi connectivity index (χ3n) is 7.28. The molecule has 10 heteroatoms. The Bertz CT molecular complexity index is 1250. The van der Waals surface area contributed by atoms with Crippen molar-refractivity contribution in [3.8, 4) is 11.1 Å². The molecule has 0 aromatic heterocycles. The van der Waals surface area contributed by atoms with Crippen LogP contribution in [0.4, 0.5) is 34.1 Å². The predicted molar refractivity (Wildman–Crippen MR) is 133 cm³/mol. The molecular weight excluding hydrogens is 487 g/mol. The van der Waals surface area contributed by atoms with Gasteiger partial charge in [0.15, 0.2) is 0 Å². The molecule has 0 saturated carbocycles. The number of nitrogens with zero attached hydrogens (tertiary/aromatic N) is 2. The van der Waals surface area contributed by atoms with Crippen LogP contribution in [0.2, 0.25) is 0 Å². The van der Waals surface area contributed by atoms with Gasteiger partial charge in [-0.05, 0) is 86.6 Å². The molecule has 5 rings (SSSR count). The van der Waals surface area contributed by atoms with Crippen LogP contribution in [0.25, 0.3) is 11.1 Å². The molecule has 2 amide bonds. The number of fused-ring (bicyclic) bond motifs is 3. The summed E-state index contributed by atoms with van der Waals surface area (Å²) in [6.07, 6.45) is -4.12. The van der Waals surface area contributed by atoms with E-state index in [1.54, 1.807) is 26.8 Å². The summed E-state index contributed by atoms with van der Waals surface area (Å²) in [5, 5.41) is 11.9. The highest BCUT2D eigenvalue weighted by atomic mass is 19.4. The third-order valence-corrected chi connectivity index (χ3v) is 7.28. The van der Waals surface area contributed by atoms with Crippen molar-refractivity contribution < 1.29 is 32.6 Å². The van der Waals surface area contributed by atoms with E-state index in [9.17, 15) is 27.9 Å². The lowest BCUT2D eigenvalue weighted by atomic mass is 9.86. The second-order valence-electron chi connectivity index (χ2n) is 10.9. The second-order valence-corrected chi connectivity index (χ2v) is 10.9. The lowest BCUT2D eigenvalue weighted by molar-refractivity contribution is -0.137. The van der Waals surface area contributed by atoms with E-state index in [1.807, 2.05) is 6.07 Å². The summed E-state index contributed by atoms with van der Waals surface area (Å²) in [6.45, 7) is 6.66. The number of halogens is 3. The SMILES string of the molecule is CC(C)(C)OC(=O)Nc1ccc(-c2cc3c4c(c2)[C@@H]2CN(C(=O)O)CC[C@@H]2N4CCC3)c(C(F)(F)F)c1. The van der Waals surface area contributed by atoms with E-state index < -0.39 is 29.5 Å². The molecule has 3 aliphatic heterocycles. The Morgan fingerprint density at radius 3 is 2.54 bits per heavy atom. The fourth-order valence-electron chi connectivity index (χ4n) is 5.90. The molecule has 0 unspecified atom stereocenters. The number of hydrogen-bond donors (Lipinski definition) is 2. The molecular formula is C27H30F3N3O4. The Hall–Kier alpha value is -3.43. The van der Waals surface area contributed by atoms with Gasteiger partial charge >= 0.3 is 18.4 Å². The molecule has 0 aliphatic carbocycles. The molecule has 2 atom stereocenters. The van der Waals surface area contributed by atoms with Gasteiger partial charge in [0.2, 0.25) is 0 Å². The number of anilines is 2. The summed E-state index contributed by atoms with van der Waals surface area (Å²) >= 11 is 0. The Morgan fingerprint density at radius 2 is 1.86 bits per heavy atom. The van der Waals surface area contributed by atoms with Crippen LogP contribution in [0.3, 0.4) is 0 Å². The summed E-state index contributed by atoms with van der Waals surface area (Å²) in [5.41, 5.74) is 1.80. The van der Waals surface area contributed by atoms with Crippen molar-refractivity contribution in [3.05, 3.63) is 47.0 Å². The van der Waals surface area contributed by atoms with Gasteiger partial charge in [0.25, 0.3) is 0 Å². The molecule has 1 saturated heterocycles. The van der Waals surface area contributed by atoms with E-state index >= 15 is 0 Å². The smallest absolute Gasteiger partial charge is 0.417 e. The van der Waals surface area contributed by atoms with Crippen molar-refractivity contribution in [1.82, 2.24) is 4.90 Å². The van der Waals surface area contributed by atoms with Gasteiger partial charge < -0.3 is 19.6 Å². The Balaban J connectivity index is 1.55. The number of carbonyl (C=O) groups is 2. The van der Waals surface area contributed by atoms with Crippen molar-refractivity contribution in [2.45, 2.75) is 63.8 Å². The number of hydrogen-bond acceptors (Lipinski definition) is 4. The first-order valence-electron chi connectivity index (χ1n) is 12.4. The zero-order chi connectivity index (χ0) is 26.7. The minimum Gasteiger partial charge on any atom is -0.465 e. The van der Waals surface area contributed by atoms with E-state index in [0.29, 0.717) is 25.1 Å². The third kappa shape index (κ3) is 4.81. The van der Waals surface area contributed by atoms with Gasteiger partial charge in [-0.25, -0.2) is 9.59 Å². The van der Waals surface area contributed by atoms with Crippen molar-refractivity contribution in [3.63, 3.8) is 0 Å². The number of likely N-dealkylation sites (tertiary alicyclic amines) is 1. The van der Waals surface area contributed by atoms with Crippen LogP contribution in [0.1, 0.15) is 56.2 Å². The molecule has 0 radical (unpaired) electrons. The number of nitrogens with one attached hydrogen (secondary N) is 1. The zero-order valence-corrected chi connectivity index (χ0v) is 21.0. The molecule has 3 aliphatic rings. The van der Waals surface area contributed by atoms with Crippen molar-refractivity contribution in [1.29, 1.82) is 0 Å². The minimum atomic E-state index is -4.66. The van der Waals surface area contributed by atoms with Gasteiger partial charge in [-0.2, -0.15) is 13.2 Å².